The third-order valence-electron chi connectivity index (χ3n) is 6.25. The van der Waals surface area contributed by atoms with E-state index in [1.807, 2.05) is 0 Å². The number of ether oxygens (including phenoxy) is 4. The van der Waals surface area contributed by atoms with Crippen molar-refractivity contribution in [1.82, 2.24) is 31.2 Å². The second-order valence-corrected chi connectivity index (χ2v) is 16.1. The van der Waals surface area contributed by atoms with Crippen molar-refractivity contribution in [3.05, 3.63) is 17.7 Å². The summed E-state index contributed by atoms with van der Waals surface area (Å²) < 4.78 is 21.5. The van der Waals surface area contributed by atoms with Gasteiger partial charge in [0, 0.05) is 13.1 Å². The van der Waals surface area contributed by atoms with Gasteiger partial charge in [-0.1, -0.05) is 0 Å². The maximum atomic E-state index is 13.4. The van der Waals surface area contributed by atoms with E-state index in [9.17, 15) is 28.8 Å². The van der Waals surface area contributed by atoms with Gasteiger partial charge in [0.25, 0.3) is 11.8 Å². The Labute approximate surface area is 301 Å². The Kier molecular flexibility index (Phi) is 16.9. The van der Waals surface area contributed by atoms with Crippen LogP contribution in [0.1, 0.15) is 143 Å². The van der Waals surface area contributed by atoms with Gasteiger partial charge in [0.2, 0.25) is 0 Å². The second-order valence-electron chi connectivity index (χ2n) is 16.1. The highest BCUT2D eigenvalue weighted by atomic mass is 16.6. The molecule has 0 aliphatic carbocycles. The number of hydrogen-bond donors (Lipinski definition) is 5. The van der Waals surface area contributed by atoms with Crippen LogP contribution >= 0.6 is 0 Å². The Balaban J connectivity index is 2.99. The highest BCUT2D eigenvalue weighted by molar-refractivity contribution is 6.06. The van der Waals surface area contributed by atoms with Crippen LogP contribution in [0.3, 0.4) is 0 Å². The molecule has 1 rings (SSSR count). The molecule has 16 heteroatoms. The smallest absolute Gasteiger partial charge is 0.407 e. The van der Waals surface area contributed by atoms with Gasteiger partial charge in [-0.05, 0) is 122 Å². The van der Waals surface area contributed by atoms with Gasteiger partial charge in [-0.25, -0.2) is 24.2 Å². The predicted molar refractivity (Wildman–Crippen MR) is 189 cm³/mol. The molecular weight excluding hydrogens is 664 g/mol. The van der Waals surface area contributed by atoms with Crippen molar-refractivity contribution >= 4 is 35.9 Å². The Hall–Kier alpha value is -4.37. The summed E-state index contributed by atoms with van der Waals surface area (Å²) in [7, 11) is 0. The molecule has 0 bridgehead atoms. The van der Waals surface area contributed by atoms with E-state index in [1.165, 1.54) is 0 Å². The first-order valence-electron chi connectivity index (χ1n) is 17.3. The largest absolute Gasteiger partial charge is 0.458 e. The predicted octanol–water partition coefficient (Wildman–Crippen LogP) is 4.68. The lowest BCUT2D eigenvalue weighted by molar-refractivity contribution is -0.158. The Morgan fingerprint density at radius 3 is 1.33 bits per heavy atom. The molecule has 16 nitrogen and oxygen atoms in total. The van der Waals surface area contributed by atoms with E-state index in [-0.39, 0.29) is 37.3 Å². The SMILES string of the molecule is CC(C)(C)OC(=O)NCCCC[C@H](NC(=O)c1nc[nH]c1C(=O)N[C@@H](CCCCNC(=O)OC(C)(C)C)C(=O)OC(C)(C)C)C(=O)OC(C)(C)C. The summed E-state index contributed by atoms with van der Waals surface area (Å²) >= 11 is 0. The van der Waals surface area contributed by atoms with Crippen LogP contribution in [0.2, 0.25) is 0 Å². The van der Waals surface area contributed by atoms with E-state index in [1.54, 1.807) is 83.1 Å². The maximum absolute atomic E-state index is 13.4. The first kappa shape index (κ1) is 44.7. The highest BCUT2D eigenvalue weighted by Gasteiger charge is 2.32. The van der Waals surface area contributed by atoms with Crippen LogP contribution < -0.4 is 21.3 Å². The quantitative estimate of drug-likeness (QED) is 0.0896. The summed E-state index contributed by atoms with van der Waals surface area (Å²) in [5.41, 5.74) is -3.47. The molecule has 1 aromatic heterocycles. The molecule has 0 aliphatic rings. The van der Waals surface area contributed by atoms with E-state index in [0.29, 0.717) is 25.7 Å². The molecule has 5 N–H and O–H groups in total. The van der Waals surface area contributed by atoms with Gasteiger partial charge >= 0.3 is 24.1 Å². The molecule has 51 heavy (non-hydrogen) atoms. The number of aromatic nitrogens is 2. The average Bonchev–Trinajstić information content (AvgIpc) is 3.42. The lowest BCUT2D eigenvalue weighted by Gasteiger charge is -2.25. The fraction of sp³-hybridized carbons (Fsp3) is 0.743. The summed E-state index contributed by atoms with van der Waals surface area (Å²) in [6.45, 7) is 21.3. The first-order valence-corrected chi connectivity index (χ1v) is 17.3. The molecule has 0 saturated heterocycles. The molecule has 1 aromatic rings. The van der Waals surface area contributed by atoms with Gasteiger partial charge in [-0.2, -0.15) is 0 Å². The fourth-order valence-corrected chi connectivity index (χ4v) is 4.30. The Morgan fingerprint density at radius 1 is 0.588 bits per heavy atom. The number of imidazole rings is 1. The summed E-state index contributed by atoms with van der Waals surface area (Å²) in [5, 5.41) is 10.6. The van der Waals surface area contributed by atoms with Gasteiger partial charge < -0.3 is 45.2 Å². The zero-order valence-electron chi connectivity index (χ0n) is 32.4. The summed E-state index contributed by atoms with van der Waals surface area (Å²) in [5.74, 6) is -2.95. The van der Waals surface area contributed by atoms with Gasteiger partial charge in [0.05, 0.1) is 6.33 Å². The lowest BCUT2D eigenvalue weighted by atomic mass is 10.1. The number of H-pyrrole nitrogens is 1. The zero-order chi connectivity index (χ0) is 39.2. The van der Waals surface area contributed by atoms with Gasteiger partial charge in [0.1, 0.15) is 40.2 Å². The van der Waals surface area contributed by atoms with Crippen LogP contribution in [0.15, 0.2) is 6.33 Å². The summed E-state index contributed by atoms with van der Waals surface area (Å²) in [6.07, 6.45) is 2.20. The number of amides is 4. The topological polar surface area (TPSA) is 216 Å². The molecule has 4 amide bonds. The van der Waals surface area contributed by atoms with Crippen molar-refractivity contribution in [1.29, 1.82) is 0 Å². The van der Waals surface area contributed by atoms with Crippen molar-refractivity contribution in [2.24, 2.45) is 0 Å². The molecular formula is C35H60N6O10. The van der Waals surface area contributed by atoms with Crippen LogP contribution in [0, 0.1) is 0 Å². The molecule has 0 saturated carbocycles. The van der Waals surface area contributed by atoms with E-state index < -0.39 is 70.4 Å². The van der Waals surface area contributed by atoms with Crippen molar-refractivity contribution in [2.45, 2.75) is 156 Å². The van der Waals surface area contributed by atoms with Gasteiger partial charge in [0.15, 0.2) is 5.69 Å². The third-order valence-corrected chi connectivity index (χ3v) is 6.25. The number of hydrogen-bond acceptors (Lipinski definition) is 11. The van der Waals surface area contributed by atoms with E-state index >= 15 is 0 Å². The molecule has 0 fully saturated rings. The number of aromatic amines is 1. The maximum Gasteiger partial charge on any atom is 0.407 e. The fourth-order valence-electron chi connectivity index (χ4n) is 4.30. The number of alkyl carbamates (subject to hydrolysis) is 2. The average molecular weight is 725 g/mol. The molecule has 0 unspecified atom stereocenters. The first-order chi connectivity index (χ1) is 23.3. The monoisotopic (exact) mass is 724 g/mol. The number of rotatable bonds is 16. The van der Waals surface area contributed by atoms with E-state index in [0.717, 1.165) is 6.33 Å². The number of nitrogens with zero attached hydrogens (tertiary/aromatic N) is 1. The van der Waals surface area contributed by atoms with Crippen LogP contribution in [-0.4, -0.2) is 93.5 Å². The minimum absolute atomic E-state index is 0.173. The standard InChI is InChI=1S/C35H60N6O10/c1-32(2,3)48-28(44)22(17-13-15-19-36-30(46)50-34(7,8)9)40-26(42)24-25(39-21-38-24)27(43)41-23(29(45)49-33(4,5)6)18-14-16-20-37-31(47)51-35(10,11)12/h21-23H,13-20H2,1-12H3,(H,36,46)(H,37,47)(H,38,39)(H,40,42)(H,41,43)/t22-,23-/m0/s1. The second kappa shape index (κ2) is 19.3. The van der Waals surface area contributed by atoms with Gasteiger partial charge in [-0.15, -0.1) is 0 Å². The normalized spacial score (nSPS) is 13.3. The van der Waals surface area contributed by atoms with E-state index in [4.69, 9.17) is 18.9 Å². The van der Waals surface area contributed by atoms with Crippen molar-refractivity contribution < 1.29 is 47.7 Å². The van der Waals surface area contributed by atoms with Crippen LogP contribution in [0.4, 0.5) is 9.59 Å². The molecule has 290 valence electrons. The third kappa shape index (κ3) is 20.2. The minimum atomic E-state index is -1.09. The molecule has 0 aromatic carbocycles. The lowest BCUT2D eigenvalue weighted by Crippen LogP contribution is -2.46. The van der Waals surface area contributed by atoms with E-state index in [2.05, 4.69) is 31.2 Å². The van der Waals surface area contributed by atoms with Crippen molar-refractivity contribution in [3.8, 4) is 0 Å². The van der Waals surface area contributed by atoms with Gasteiger partial charge in [-0.3, -0.25) is 9.59 Å². The van der Waals surface area contributed by atoms with Crippen molar-refractivity contribution in [2.75, 3.05) is 13.1 Å². The molecule has 2 atom stereocenters. The minimum Gasteiger partial charge on any atom is -0.458 e. The number of carbonyl (C=O) groups excluding carboxylic acids is 6. The zero-order valence-corrected chi connectivity index (χ0v) is 32.4. The number of nitrogens with one attached hydrogen (secondary N) is 5. The van der Waals surface area contributed by atoms with Crippen molar-refractivity contribution in [3.63, 3.8) is 0 Å². The highest BCUT2D eigenvalue weighted by Crippen LogP contribution is 2.15. The Morgan fingerprint density at radius 2 is 0.961 bits per heavy atom. The Bertz CT molecular complexity index is 1230. The van der Waals surface area contributed by atoms with Crippen LogP contribution in [0.5, 0.6) is 0 Å². The number of esters is 2. The molecule has 1 heterocycles. The number of carbonyl (C=O) groups is 6. The summed E-state index contributed by atoms with van der Waals surface area (Å²) in [4.78, 5) is 83.5. The molecule has 0 spiro atoms. The van der Waals surface area contributed by atoms with Crippen LogP contribution in [-0.2, 0) is 28.5 Å². The number of unbranched alkanes of at least 4 members (excludes halogenated alkanes) is 2. The molecule has 0 radical (unpaired) electrons. The molecule has 0 aliphatic heterocycles. The summed E-state index contributed by atoms with van der Waals surface area (Å²) in [6, 6.07) is -2.17. The van der Waals surface area contributed by atoms with Crippen LogP contribution in [0.25, 0.3) is 0 Å².